The molecule has 4 heteroatoms. The average Bonchev–Trinajstić information content (AvgIpc) is 2.39. The highest BCUT2D eigenvalue weighted by Gasteiger charge is 2.09. The second-order valence-electron chi connectivity index (χ2n) is 4.27. The third kappa shape index (κ3) is 3.55. The first-order valence-corrected chi connectivity index (χ1v) is 6.71. The zero-order valence-electron chi connectivity index (χ0n) is 10.8. The molecule has 2 aromatic carbocycles. The highest BCUT2D eigenvalue weighted by molar-refractivity contribution is 6.31. The van der Waals surface area contributed by atoms with Gasteiger partial charge in [-0.15, -0.1) is 0 Å². The fourth-order valence-electron chi connectivity index (χ4n) is 1.89. The lowest BCUT2D eigenvalue weighted by Gasteiger charge is -2.18. The van der Waals surface area contributed by atoms with E-state index in [2.05, 4.69) is 12.2 Å². The standard InChI is InChI=1S/C15H15Cl2NO/c1-10(11-4-3-5-12(16)8-11)18-14-9-13(17)6-7-15(14)19-2/h3-10,18H,1-2H3. The summed E-state index contributed by atoms with van der Waals surface area (Å²) in [4.78, 5) is 0. The molecular weight excluding hydrogens is 281 g/mol. The molecule has 0 fully saturated rings. The van der Waals surface area contributed by atoms with Crippen molar-refractivity contribution in [2.45, 2.75) is 13.0 Å². The Balaban J connectivity index is 2.23. The fraction of sp³-hybridized carbons (Fsp3) is 0.200. The molecule has 2 rings (SSSR count). The lowest BCUT2D eigenvalue weighted by molar-refractivity contribution is 0.416. The van der Waals surface area contributed by atoms with Gasteiger partial charge in [0.1, 0.15) is 5.75 Å². The Morgan fingerprint density at radius 2 is 1.79 bits per heavy atom. The van der Waals surface area contributed by atoms with Crippen molar-refractivity contribution >= 4 is 28.9 Å². The van der Waals surface area contributed by atoms with Crippen LogP contribution in [-0.4, -0.2) is 7.11 Å². The Morgan fingerprint density at radius 3 is 2.47 bits per heavy atom. The number of hydrogen-bond donors (Lipinski definition) is 1. The topological polar surface area (TPSA) is 21.3 Å². The van der Waals surface area contributed by atoms with E-state index in [9.17, 15) is 0 Å². The summed E-state index contributed by atoms with van der Waals surface area (Å²) in [6.07, 6.45) is 0. The fourth-order valence-corrected chi connectivity index (χ4v) is 2.26. The van der Waals surface area contributed by atoms with E-state index in [0.717, 1.165) is 22.0 Å². The minimum Gasteiger partial charge on any atom is -0.495 e. The van der Waals surface area contributed by atoms with Crippen LogP contribution in [0.15, 0.2) is 42.5 Å². The summed E-state index contributed by atoms with van der Waals surface area (Å²) in [6, 6.07) is 13.4. The van der Waals surface area contributed by atoms with Gasteiger partial charge in [-0.25, -0.2) is 0 Å². The Labute approximate surface area is 123 Å². The molecule has 100 valence electrons. The lowest BCUT2D eigenvalue weighted by atomic mass is 10.1. The van der Waals surface area contributed by atoms with Crippen LogP contribution in [0.25, 0.3) is 0 Å². The summed E-state index contributed by atoms with van der Waals surface area (Å²) in [6.45, 7) is 2.06. The van der Waals surface area contributed by atoms with Gasteiger partial charge in [0.25, 0.3) is 0 Å². The third-order valence-electron chi connectivity index (χ3n) is 2.88. The van der Waals surface area contributed by atoms with Gasteiger partial charge in [0.2, 0.25) is 0 Å². The largest absolute Gasteiger partial charge is 0.495 e. The average molecular weight is 296 g/mol. The minimum absolute atomic E-state index is 0.103. The van der Waals surface area contributed by atoms with Crippen molar-refractivity contribution in [3.63, 3.8) is 0 Å². The van der Waals surface area contributed by atoms with E-state index < -0.39 is 0 Å². The number of methoxy groups -OCH3 is 1. The van der Waals surface area contributed by atoms with Crippen LogP contribution in [0.4, 0.5) is 5.69 Å². The van der Waals surface area contributed by atoms with E-state index in [1.54, 1.807) is 13.2 Å². The molecule has 0 aromatic heterocycles. The van der Waals surface area contributed by atoms with E-state index in [-0.39, 0.29) is 6.04 Å². The molecule has 0 heterocycles. The van der Waals surface area contributed by atoms with Gasteiger partial charge in [-0.1, -0.05) is 35.3 Å². The van der Waals surface area contributed by atoms with Crippen molar-refractivity contribution in [2.24, 2.45) is 0 Å². The summed E-state index contributed by atoms with van der Waals surface area (Å²) in [7, 11) is 1.64. The quantitative estimate of drug-likeness (QED) is 0.839. The molecule has 0 spiro atoms. The van der Waals surface area contributed by atoms with E-state index >= 15 is 0 Å². The highest BCUT2D eigenvalue weighted by atomic mass is 35.5. The van der Waals surface area contributed by atoms with Gasteiger partial charge in [-0.3, -0.25) is 0 Å². The number of anilines is 1. The van der Waals surface area contributed by atoms with Crippen LogP contribution >= 0.6 is 23.2 Å². The van der Waals surface area contributed by atoms with Gasteiger partial charge >= 0.3 is 0 Å². The molecule has 1 atom stereocenters. The molecule has 19 heavy (non-hydrogen) atoms. The Hall–Kier alpha value is -1.38. The maximum Gasteiger partial charge on any atom is 0.142 e. The van der Waals surface area contributed by atoms with Crippen LogP contribution in [0.1, 0.15) is 18.5 Å². The summed E-state index contributed by atoms with van der Waals surface area (Å²) in [5.74, 6) is 0.762. The van der Waals surface area contributed by atoms with Crippen molar-refractivity contribution in [3.8, 4) is 5.75 Å². The van der Waals surface area contributed by atoms with Crippen LogP contribution in [0, 0.1) is 0 Å². The first-order valence-electron chi connectivity index (χ1n) is 5.95. The number of nitrogens with one attached hydrogen (secondary N) is 1. The maximum atomic E-state index is 6.01. The molecule has 0 saturated heterocycles. The summed E-state index contributed by atoms with van der Waals surface area (Å²) in [5.41, 5.74) is 1.97. The monoisotopic (exact) mass is 295 g/mol. The molecule has 0 aliphatic rings. The predicted octanol–water partition coefficient (Wildman–Crippen LogP) is 5.18. The molecule has 0 aliphatic heterocycles. The number of benzene rings is 2. The Kier molecular flexibility index (Phi) is 4.56. The lowest BCUT2D eigenvalue weighted by Crippen LogP contribution is -2.07. The number of hydrogen-bond acceptors (Lipinski definition) is 2. The van der Waals surface area contributed by atoms with Crippen LogP contribution in [0.5, 0.6) is 5.75 Å². The van der Waals surface area contributed by atoms with Crippen molar-refractivity contribution in [2.75, 3.05) is 12.4 Å². The van der Waals surface area contributed by atoms with Gasteiger partial charge in [0, 0.05) is 16.1 Å². The van der Waals surface area contributed by atoms with E-state index in [1.807, 2.05) is 36.4 Å². The van der Waals surface area contributed by atoms with Crippen LogP contribution < -0.4 is 10.1 Å². The van der Waals surface area contributed by atoms with Crippen LogP contribution in [-0.2, 0) is 0 Å². The zero-order chi connectivity index (χ0) is 13.8. The maximum absolute atomic E-state index is 6.01. The highest BCUT2D eigenvalue weighted by Crippen LogP contribution is 2.31. The van der Waals surface area contributed by atoms with Crippen molar-refractivity contribution in [3.05, 3.63) is 58.1 Å². The molecule has 2 aromatic rings. The van der Waals surface area contributed by atoms with Gasteiger partial charge < -0.3 is 10.1 Å². The molecular formula is C15H15Cl2NO. The Bertz CT molecular complexity index is 572. The second kappa shape index (κ2) is 6.18. The molecule has 0 amide bonds. The number of ether oxygens (including phenoxy) is 1. The molecule has 1 unspecified atom stereocenters. The molecule has 2 nitrogen and oxygen atoms in total. The SMILES string of the molecule is COc1ccc(Cl)cc1NC(C)c1cccc(Cl)c1. The third-order valence-corrected chi connectivity index (χ3v) is 3.35. The first-order chi connectivity index (χ1) is 9.10. The summed E-state index contributed by atoms with van der Waals surface area (Å²) >= 11 is 12.0. The minimum atomic E-state index is 0.103. The Morgan fingerprint density at radius 1 is 1.05 bits per heavy atom. The molecule has 0 radical (unpaired) electrons. The van der Waals surface area contributed by atoms with E-state index in [4.69, 9.17) is 27.9 Å². The van der Waals surface area contributed by atoms with Crippen molar-refractivity contribution in [1.82, 2.24) is 0 Å². The van der Waals surface area contributed by atoms with Crippen LogP contribution in [0.2, 0.25) is 10.0 Å². The van der Waals surface area contributed by atoms with Crippen LogP contribution in [0.3, 0.4) is 0 Å². The van der Waals surface area contributed by atoms with Crippen molar-refractivity contribution < 1.29 is 4.74 Å². The first kappa shape index (κ1) is 14.0. The smallest absolute Gasteiger partial charge is 0.142 e. The molecule has 0 saturated carbocycles. The van der Waals surface area contributed by atoms with Gasteiger partial charge in [-0.2, -0.15) is 0 Å². The summed E-state index contributed by atoms with van der Waals surface area (Å²) in [5, 5.41) is 4.77. The van der Waals surface area contributed by atoms with Gasteiger partial charge in [-0.05, 0) is 42.8 Å². The molecule has 0 aliphatic carbocycles. The van der Waals surface area contributed by atoms with Gasteiger partial charge in [0.15, 0.2) is 0 Å². The van der Waals surface area contributed by atoms with Crippen molar-refractivity contribution in [1.29, 1.82) is 0 Å². The zero-order valence-corrected chi connectivity index (χ0v) is 12.3. The van der Waals surface area contributed by atoms with E-state index in [0.29, 0.717) is 5.02 Å². The number of rotatable bonds is 4. The molecule has 0 bridgehead atoms. The normalized spacial score (nSPS) is 12.0. The number of halogens is 2. The predicted molar refractivity (Wildman–Crippen MR) is 81.5 cm³/mol. The van der Waals surface area contributed by atoms with E-state index in [1.165, 1.54) is 0 Å². The summed E-state index contributed by atoms with van der Waals surface area (Å²) < 4.78 is 5.31. The second-order valence-corrected chi connectivity index (χ2v) is 5.14. The molecule has 1 N–H and O–H groups in total. The van der Waals surface area contributed by atoms with Gasteiger partial charge in [0.05, 0.1) is 12.8 Å².